The summed E-state index contributed by atoms with van der Waals surface area (Å²) in [6, 6.07) is 13.8. The first-order valence-corrected chi connectivity index (χ1v) is 8.59. The van der Waals surface area contributed by atoms with Crippen LogP contribution in [0.3, 0.4) is 0 Å². The lowest BCUT2D eigenvalue weighted by Crippen LogP contribution is -2.14. The summed E-state index contributed by atoms with van der Waals surface area (Å²) in [5.74, 6) is 1.38. The van der Waals surface area contributed by atoms with Crippen LogP contribution in [-0.4, -0.2) is 31.1 Å². The van der Waals surface area contributed by atoms with E-state index in [1.807, 2.05) is 6.07 Å². The number of benzene rings is 2. The molecule has 1 amide bonds. The monoisotopic (exact) mass is 380 g/mol. The molecular formula is C21H20N2O5. The van der Waals surface area contributed by atoms with E-state index in [9.17, 15) is 9.59 Å². The van der Waals surface area contributed by atoms with Crippen molar-refractivity contribution in [1.29, 1.82) is 0 Å². The van der Waals surface area contributed by atoms with Crippen LogP contribution in [-0.2, 0) is 11.2 Å². The van der Waals surface area contributed by atoms with Gasteiger partial charge in [0.05, 0.1) is 26.3 Å². The molecule has 0 fully saturated rings. The Balaban J connectivity index is 1.70. The zero-order chi connectivity index (χ0) is 20.1. The molecule has 7 nitrogen and oxygen atoms in total. The highest BCUT2D eigenvalue weighted by atomic mass is 16.5. The number of carbonyl (C=O) groups excluding carboxylic acids is 2. The number of Topliss-reactive ketones (excluding diaryl/α,β-unsaturated/α-hetero) is 1. The number of nitrogens with zero attached hydrogens (tertiary/aromatic N) is 1. The Kier molecular flexibility index (Phi) is 5.74. The average molecular weight is 380 g/mol. The Morgan fingerprint density at radius 3 is 2.54 bits per heavy atom. The van der Waals surface area contributed by atoms with Gasteiger partial charge in [-0.2, -0.15) is 0 Å². The van der Waals surface area contributed by atoms with Crippen molar-refractivity contribution >= 4 is 17.4 Å². The van der Waals surface area contributed by atoms with E-state index < -0.39 is 0 Å². The molecule has 0 aliphatic rings. The van der Waals surface area contributed by atoms with Crippen LogP contribution in [0.25, 0.3) is 11.3 Å². The molecule has 0 saturated heterocycles. The van der Waals surface area contributed by atoms with Gasteiger partial charge in [-0.05, 0) is 37.3 Å². The number of nitrogens with one attached hydrogen (secondary N) is 1. The van der Waals surface area contributed by atoms with Gasteiger partial charge in [0.25, 0.3) is 0 Å². The quantitative estimate of drug-likeness (QED) is 0.628. The van der Waals surface area contributed by atoms with Crippen molar-refractivity contribution in [2.75, 3.05) is 19.5 Å². The van der Waals surface area contributed by atoms with E-state index in [2.05, 4.69) is 10.5 Å². The zero-order valence-corrected chi connectivity index (χ0v) is 15.8. The molecule has 7 heteroatoms. The van der Waals surface area contributed by atoms with Crippen molar-refractivity contribution in [3.8, 4) is 22.8 Å². The number of aromatic nitrogens is 1. The lowest BCUT2D eigenvalue weighted by Gasteiger charge is -2.07. The van der Waals surface area contributed by atoms with Crippen LogP contribution >= 0.6 is 0 Å². The van der Waals surface area contributed by atoms with Crippen molar-refractivity contribution in [3.63, 3.8) is 0 Å². The third-order valence-corrected chi connectivity index (χ3v) is 4.12. The van der Waals surface area contributed by atoms with Crippen LogP contribution in [0.4, 0.5) is 5.69 Å². The number of carbonyl (C=O) groups is 2. The molecule has 2 aromatic carbocycles. The molecule has 0 spiro atoms. The van der Waals surface area contributed by atoms with E-state index in [1.54, 1.807) is 56.7 Å². The predicted octanol–water partition coefficient (Wildman–Crippen LogP) is 3.74. The summed E-state index contributed by atoms with van der Waals surface area (Å²) >= 11 is 0. The summed E-state index contributed by atoms with van der Waals surface area (Å²) in [6.45, 7) is 1.48. The molecule has 0 atom stereocenters. The summed E-state index contributed by atoms with van der Waals surface area (Å²) in [5.41, 5.74) is 2.34. The summed E-state index contributed by atoms with van der Waals surface area (Å²) in [5, 5.41) is 6.71. The fourth-order valence-corrected chi connectivity index (χ4v) is 2.71. The van der Waals surface area contributed by atoms with E-state index in [4.69, 9.17) is 14.0 Å². The number of methoxy groups -OCH3 is 2. The molecule has 144 valence electrons. The molecule has 0 aliphatic carbocycles. The Morgan fingerprint density at radius 2 is 1.82 bits per heavy atom. The first-order valence-electron chi connectivity index (χ1n) is 8.59. The van der Waals surface area contributed by atoms with Gasteiger partial charge in [0, 0.05) is 22.9 Å². The Hall–Kier alpha value is -3.61. The number of hydrogen-bond acceptors (Lipinski definition) is 6. The molecule has 0 unspecified atom stereocenters. The molecule has 0 radical (unpaired) electrons. The fraction of sp³-hybridized carbons (Fsp3) is 0.190. The Labute approximate surface area is 162 Å². The van der Waals surface area contributed by atoms with E-state index >= 15 is 0 Å². The number of ether oxygens (including phenoxy) is 2. The molecule has 0 bridgehead atoms. The van der Waals surface area contributed by atoms with E-state index in [0.717, 1.165) is 5.56 Å². The number of hydrogen-bond donors (Lipinski definition) is 1. The minimum absolute atomic E-state index is 0.0427. The molecule has 0 aliphatic heterocycles. The largest absolute Gasteiger partial charge is 0.493 e. The topological polar surface area (TPSA) is 90.7 Å². The van der Waals surface area contributed by atoms with Crippen molar-refractivity contribution < 1.29 is 23.6 Å². The molecule has 1 N–H and O–H groups in total. The normalized spacial score (nSPS) is 10.4. The van der Waals surface area contributed by atoms with Crippen molar-refractivity contribution in [1.82, 2.24) is 5.16 Å². The second-order valence-electron chi connectivity index (χ2n) is 6.11. The summed E-state index contributed by atoms with van der Waals surface area (Å²) in [4.78, 5) is 23.7. The number of anilines is 1. The lowest BCUT2D eigenvalue weighted by atomic mass is 10.1. The fourth-order valence-electron chi connectivity index (χ4n) is 2.71. The maximum atomic E-state index is 12.3. The van der Waals surface area contributed by atoms with Gasteiger partial charge in [-0.1, -0.05) is 17.3 Å². The molecule has 1 heterocycles. The lowest BCUT2D eigenvalue weighted by molar-refractivity contribution is -0.115. The van der Waals surface area contributed by atoms with Gasteiger partial charge in [0.15, 0.2) is 23.0 Å². The molecular weight excluding hydrogens is 360 g/mol. The first-order chi connectivity index (χ1) is 13.5. The van der Waals surface area contributed by atoms with Crippen molar-refractivity contribution in [3.05, 3.63) is 59.8 Å². The molecule has 0 saturated carbocycles. The molecule has 1 aromatic heterocycles. The second kappa shape index (κ2) is 8.39. The summed E-state index contributed by atoms with van der Waals surface area (Å²) in [6.07, 6.45) is 0.0427. The third-order valence-electron chi connectivity index (χ3n) is 4.12. The Morgan fingerprint density at radius 1 is 1.04 bits per heavy atom. The van der Waals surface area contributed by atoms with Gasteiger partial charge in [-0.3, -0.25) is 9.59 Å². The van der Waals surface area contributed by atoms with Gasteiger partial charge >= 0.3 is 0 Å². The highest BCUT2D eigenvalue weighted by Crippen LogP contribution is 2.32. The standard InChI is InChI=1S/C21H20N2O5/c1-13(24)14-5-4-6-16(9-14)22-21(25)12-17-11-19(28-23-17)15-7-8-18(26-2)20(10-15)27-3/h4-11H,12H2,1-3H3,(H,22,25). The van der Waals surface area contributed by atoms with Crippen molar-refractivity contribution in [2.45, 2.75) is 13.3 Å². The average Bonchev–Trinajstić information content (AvgIpc) is 3.15. The zero-order valence-electron chi connectivity index (χ0n) is 15.8. The van der Waals surface area contributed by atoms with Crippen LogP contribution in [0.2, 0.25) is 0 Å². The van der Waals surface area contributed by atoms with Crippen LogP contribution in [0, 0.1) is 0 Å². The maximum Gasteiger partial charge on any atom is 0.230 e. The highest BCUT2D eigenvalue weighted by molar-refractivity contribution is 5.97. The van der Waals surface area contributed by atoms with Crippen LogP contribution in [0.15, 0.2) is 53.1 Å². The predicted molar refractivity (Wildman–Crippen MR) is 104 cm³/mol. The molecule has 3 aromatic rings. The van der Waals surface area contributed by atoms with Gasteiger partial charge in [0.1, 0.15) is 0 Å². The van der Waals surface area contributed by atoms with Crippen LogP contribution in [0.1, 0.15) is 23.0 Å². The molecule has 28 heavy (non-hydrogen) atoms. The first kappa shape index (κ1) is 19.2. The smallest absolute Gasteiger partial charge is 0.230 e. The van der Waals surface area contributed by atoms with Gasteiger partial charge in [-0.15, -0.1) is 0 Å². The summed E-state index contributed by atoms with van der Waals surface area (Å²) < 4.78 is 15.9. The molecule has 3 rings (SSSR count). The van der Waals surface area contributed by atoms with Gasteiger partial charge < -0.3 is 19.3 Å². The second-order valence-corrected chi connectivity index (χ2v) is 6.11. The highest BCUT2D eigenvalue weighted by Gasteiger charge is 2.13. The van der Waals surface area contributed by atoms with E-state index in [0.29, 0.717) is 34.2 Å². The minimum Gasteiger partial charge on any atom is -0.493 e. The van der Waals surface area contributed by atoms with E-state index in [-0.39, 0.29) is 18.1 Å². The maximum absolute atomic E-state index is 12.3. The summed E-state index contributed by atoms with van der Waals surface area (Å²) in [7, 11) is 3.12. The van der Waals surface area contributed by atoms with Gasteiger partial charge in [-0.25, -0.2) is 0 Å². The number of ketones is 1. The van der Waals surface area contributed by atoms with E-state index in [1.165, 1.54) is 6.92 Å². The number of rotatable bonds is 7. The third kappa shape index (κ3) is 4.37. The van der Waals surface area contributed by atoms with Gasteiger partial charge in [0.2, 0.25) is 5.91 Å². The van der Waals surface area contributed by atoms with Crippen LogP contribution < -0.4 is 14.8 Å². The minimum atomic E-state index is -0.257. The van der Waals surface area contributed by atoms with Crippen LogP contribution in [0.5, 0.6) is 11.5 Å². The SMILES string of the molecule is COc1ccc(-c2cc(CC(=O)Nc3cccc(C(C)=O)c3)no2)cc1OC. The van der Waals surface area contributed by atoms with Crippen molar-refractivity contribution in [2.24, 2.45) is 0 Å². The Bertz CT molecular complexity index is 1010. The number of amides is 1.